The molecule has 6 heteroatoms. The fourth-order valence-electron chi connectivity index (χ4n) is 4.16. The average molecular weight is 364 g/mol. The first-order chi connectivity index (χ1) is 13.4. The Morgan fingerprint density at radius 3 is 2.78 bits per heavy atom. The molecule has 0 radical (unpaired) electrons. The molecule has 2 aliphatic rings. The van der Waals surface area contributed by atoms with Crippen molar-refractivity contribution >= 4 is 16.7 Å². The second-order valence-electron chi connectivity index (χ2n) is 7.30. The molecule has 0 N–H and O–H groups in total. The highest BCUT2D eigenvalue weighted by Gasteiger charge is 2.23. The largest absolute Gasteiger partial charge is 0.490 e. The molecule has 4 heterocycles. The minimum absolute atomic E-state index is 0.238. The second-order valence-corrected chi connectivity index (χ2v) is 7.30. The zero-order valence-corrected chi connectivity index (χ0v) is 15.3. The molecule has 27 heavy (non-hydrogen) atoms. The van der Waals surface area contributed by atoms with Gasteiger partial charge in [-0.1, -0.05) is 6.07 Å². The highest BCUT2D eigenvalue weighted by molar-refractivity contribution is 5.86. The summed E-state index contributed by atoms with van der Waals surface area (Å²) >= 11 is 0. The molecule has 5 rings (SSSR count). The molecule has 3 aromatic rings. The molecule has 0 saturated carbocycles. The van der Waals surface area contributed by atoms with Gasteiger partial charge in [0.1, 0.15) is 17.7 Å². The topological polar surface area (TPSA) is 52.4 Å². The first kappa shape index (κ1) is 16.6. The number of ether oxygens (including phenoxy) is 2. The number of rotatable bonds is 4. The molecule has 0 amide bonds. The van der Waals surface area contributed by atoms with Crippen LogP contribution >= 0.6 is 0 Å². The third-order valence-electron chi connectivity index (χ3n) is 5.63. The Bertz CT molecular complexity index is 897. The lowest BCUT2D eigenvalue weighted by Crippen LogP contribution is -2.38. The van der Waals surface area contributed by atoms with E-state index in [1.165, 1.54) is 10.9 Å². The van der Waals surface area contributed by atoms with E-state index < -0.39 is 0 Å². The Morgan fingerprint density at radius 2 is 2.00 bits per heavy atom. The van der Waals surface area contributed by atoms with Gasteiger partial charge in [0.05, 0.1) is 24.4 Å². The molecule has 1 unspecified atom stereocenters. The standard InChI is InChI=1S/C21H24N4O2/c1-2-19-18(6-12-25(19)16-7-13-26-15-16)20(3-1)27-17-4-10-24(11-5-17)21-14-22-8-9-23-21/h1-3,6,8-9,12,14,16-17H,4-5,7,10-11,13,15H2. The van der Waals surface area contributed by atoms with E-state index in [2.05, 4.69) is 49.9 Å². The average Bonchev–Trinajstić information content (AvgIpc) is 3.39. The molecule has 1 atom stereocenters. The molecule has 1 aromatic carbocycles. The van der Waals surface area contributed by atoms with E-state index in [0.29, 0.717) is 6.04 Å². The van der Waals surface area contributed by atoms with Gasteiger partial charge < -0.3 is 18.9 Å². The molecular formula is C21H24N4O2. The van der Waals surface area contributed by atoms with Crippen LogP contribution in [0.25, 0.3) is 10.9 Å². The zero-order chi connectivity index (χ0) is 18.1. The number of hydrogen-bond acceptors (Lipinski definition) is 5. The maximum atomic E-state index is 6.42. The van der Waals surface area contributed by atoms with Crippen molar-refractivity contribution in [1.82, 2.24) is 14.5 Å². The minimum Gasteiger partial charge on any atom is -0.490 e. The van der Waals surface area contributed by atoms with E-state index in [-0.39, 0.29) is 6.10 Å². The normalized spacial score (nSPS) is 21.0. The summed E-state index contributed by atoms with van der Waals surface area (Å²) in [6.07, 6.45) is 10.8. The van der Waals surface area contributed by atoms with E-state index >= 15 is 0 Å². The van der Waals surface area contributed by atoms with Gasteiger partial charge in [-0.3, -0.25) is 4.98 Å². The fraction of sp³-hybridized carbons (Fsp3) is 0.429. The molecule has 0 spiro atoms. The van der Waals surface area contributed by atoms with Crippen molar-refractivity contribution in [2.45, 2.75) is 31.4 Å². The summed E-state index contributed by atoms with van der Waals surface area (Å²) in [5.41, 5.74) is 1.24. The lowest BCUT2D eigenvalue weighted by molar-refractivity contribution is 0.173. The Hall–Kier alpha value is -2.60. The molecule has 2 saturated heterocycles. The number of fused-ring (bicyclic) bond motifs is 1. The summed E-state index contributed by atoms with van der Waals surface area (Å²) < 4.78 is 14.3. The van der Waals surface area contributed by atoms with Crippen LogP contribution in [-0.2, 0) is 4.74 Å². The third kappa shape index (κ3) is 3.25. The number of anilines is 1. The molecule has 2 aromatic heterocycles. The molecule has 2 fully saturated rings. The van der Waals surface area contributed by atoms with Crippen LogP contribution in [0.5, 0.6) is 5.75 Å². The first-order valence-electron chi connectivity index (χ1n) is 9.73. The van der Waals surface area contributed by atoms with E-state index in [0.717, 1.165) is 57.1 Å². The van der Waals surface area contributed by atoms with Gasteiger partial charge in [0.25, 0.3) is 0 Å². The summed E-state index contributed by atoms with van der Waals surface area (Å²) in [5, 5.41) is 1.20. The van der Waals surface area contributed by atoms with Crippen molar-refractivity contribution in [2.24, 2.45) is 0 Å². The van der Waals surface area contributed by atoms with Crippen molar-refractivity contribution in [3.8, 4) is 5.75 Å². The van der Waals surface area contributed by atoms with Crippen LogP contribution in [0.4, 0.5) is 5.82 Å². The lowest BCUT2D eigenvalue weighted by atomic mass is 10.1. The van der Waals surface area contributed by atoms with Crippen LogP contribution in [-0.4, -0.2) is 46.9 Å². The number of nitrogens with zero attached hydrogens (tertiary/aromatic N) is 4. The second kappa shape index (κ2) is 7.19. The molecule has 6 nitrogen and oxygen atoms in total. The highest BCUT2D eigenvalue weighted by atomic mass is 16.5. The Morgan fingerprint density at radius 1 is 1.07 bits per heavy atom. The zero-order valence-electron chi connectivity index (χ0n) is 15.3. The number of aromatic nitrogens is 3. The van der Waals surface area contributed by atoms with Gasteiger partial charge in [-0.15, -0.1) is 0 Å². The van der Waals surface area contributed by atoms with E-state index in [1.807, 2.05) is 6.20 Å². The molecule has 0 aliphatic carbocycles. The summed E-state index contributed by atoms with van der Waals surface area (Å²) in [4.78, 5) is 10.9. The predicted molar refractivity (Wildman–Crippen MR) is 104 cm³/mol. The third-order valence-corrected chi connectivity index (χ3v) is 5.63. The summed E-state index contributed by atoms with van der Waals surface area (Å²) in [6.45, 7) is 3.54. The lowest BCUT2D eigenvalue weighted by Gasteiger charge is -2.32. The van der Waals surface area contributed by atoms with Gasteiger partial charge >= 0.3 is 0 Å². The Labute approximate surface area is 158 Å². The van der Waals surface area contributed by atoms with Gasteiger partial charge in [-0.2, -0.15) is 0 Å². The van der Waals surface area contributed by atoms with Gasteiger partial charge in [0.15, 0.2) is 0 Å². The van der Waals surface area contributed by atoms with Crippen molar-refractivity contribution in [2.75, 3.05) is 31.2 Å². The fourth-order valence-corrected chi connectivity index (χ4v) is 4.16. The van der Waals surface area contributed by atoms with Gasteiger partial charge in [0, 0.05) is 56.5 Å². The quantitative estimate of drug-likeness (QED) is 0.710. The van der Waals surface area contributed by atoms with Crippen LogP contribution in [0, 0.1) is 0 Å². The smallest absolute Gasteiger partial charge is 0.147 e. The van der Waals surface area contributed by atoms with E-state index in [1.54, 1.807) is 12.4 Å². The monoisotopic (exact) mass is 364 g/mol. The molecule has 2 aliphatic heterocycles. The summed E-state index contributed by atoms with van der Waals surface area (Å²) in [7, 11) is 0. The van der Waals surface area contributed by atoms with Gasteiger partial charge in [0.2, 0.25) is 0 Å². The van der Waals surface area contributed by atoms with Crippen LogP contribution in [0.1, 0.15) is 25.3 Å². The van der Waals surface area contributed by atoms with Crippen molar-refractivity contribution in [3.63, 3.8) is 0 Å². The van der Waals surface area contributed by atoms with E-state index in [9.17, 15) is 0 Å². The SMILES string of the molecule is c1cc(OC2CCN(c3cnccn3)CC2)c2ccn(C3CCOC3)c2c1. The summed E-state index contributed by atoms with van der Waals surface area (Å²) in [5.74, 6) is 1.94. The van der Waals surface area contributed by atoms with Crippen LogP contribution in [0.15, 0.2) is 49.1 Å². The van der Waals surface area contributed by atoms with E-state index in [4.69, 9.17) is 9.47 Å². The van der Waals surface area contributed by atoms with Crippen molar-refractivity contribution in [3.05, 3.63) is 49.1 Å². The van der Waals surface area contributed by atoms with Gasteiger partial charge in [-0.25, -0.2) is 4.98 Å². The number of benzene rings is 1. The van der Waals surface area contributed by atoms with Crippen molar-refractivity contribution < 1.29 is 9.47 Å². The molecular weight excluding hydrogens is 340 g/mol. The maximum absolute atomic E-state index is 6.42. The Kier molecular flexibility index (Phi) is 4.41. The number of piperidine rings is 1. The maximum Gasteiger partial charge on any atom is 0.147 e. The van der Waals surface area contributed by atoms with Crippen LogP contribution in [0.2, 0.25) is 0 Å². The summed E-state index contributed by atoms with van der Waals surface area (Å²) in [6, 6.07) is 8.98. The predicted octanol–water partition coefficient (Wildman–Crippen LogP) is 3.44. The van der Waals surface area contributed by atoms with Crippen LogP contribution in [0.3, 0.4) is 0 Å². The minimum atomic E-state index is 0.238. The van der Waals surface area contributed by atoms with Crippen LogP contribution < -0.4 is 9.64 Å². The Balaban J connectivity index is 1.29. The number of hydrogen-bond donors (Lipinski definition) is 0. The molecule has 140 valence electrons. The first-order valence-corrected chi connectivity index (χ1v) is 9.73. The highest BCUT2D eigenvalue weighted by Crippen LogP contribution is 2.32. The van der Waals surface area contributed by atoms with Gasteiger partial charge in [-0.05, 0) is 24.6 Å². The molecule has 0 bridgehead atoms. The van der Waals surface area contributed by atoms with Crippen molar-refractivity contribution in [1.29, 1.82) is 0 Å².